The molecule has 0 aliphatic carbocycles. The molecule has 28 heavy (non-hydrogen) atoms. The van der Waals surface area contributed by atoms with Crippen LogP contribution in [0.2, 0.25) is 0 Å². The van der Waals surface area contributed by atoms with Crippen molar-refractivity contribution in [1.82, 2.24) is 4.98 Å². The number of hydrogen-bond acceptors (Lipinski definition) is 6. The molecule has 0 saturated carbocycles. The Morgan fingerprint density at radius 2 is 1.82 bits per heavy atom. The maximum absolute atomic E-state index is 12.5. The molecule has 2 aromatic heterocycles. The molecule has 4 aromatic rings. The van der Waals surface area contributed by atoms with Gasteiger partial charge in [0.05, 0.1) is 5.56 Å². The predicted molar refractivity (Wildman–Crippen MR) is 104 cm³/mol. The van der Waals surface area contributed by atoms with Crippen LogP contribution >= 0.6 is 0 Å². The van der Waals surface area contributed by atoms with Gasteiger partial charge in [0.1, 0.15) is 16.7 Å². The van der Waals surface area contributed by atoms with E-state index in [4.69, 9.17) is 13.9 Å². The quantitative estimate of drug-likeness (QED) is 0.542. The molecule has 140 valence electrons. The minimum atomic E-state index is -1.06. The molecule has 1 aliphatic heterocycles. The third kappa shape index (κ3) is 2.72. The zero-order chi connectivity index (χ0) is 19.3. The van der Waals surface area contributed by atoms with E-state index in [0.717, 1.165) is 24.2 Å². The lowest BCUT2D eigenvalue weighted by atomic mass is 10.1. The fraction of sp³-hybridized carbons (Fsp3) is 0.190. The van der Waals surface area contributed by atoms with Gasteiger partial charge >= 0.3 is 11.6 Å². The molecule has 3 heterocycles. The molecule has 0 unspecified atom stereocenters. The second-order valence-corrected chi connectivity index (χ2v) is 6.87. The molecule has 7 nitrogen and oxygen atoms in total. The fourth-order valence-electron chi connectivity index (χ4n) is 3.59. The summed E-state index contributed by atoms with van der Waals surface area (Å²) in [6.07, 6.45) is 2.34. The molecule has 5 rings (SSSR count). The lowest BCUT2D eigenvalue weighted by molar-refractivity contribution is 0.0697. The van der Waals surface area contributed by atoms with E-state index in [1.807, 2.05) is 18.2 Å². The summed E-state index contributed by atoms with van der Waals surface area (Å²) < 4.78 is 11.2. The maximum atomic E-state index is 12.5. The Balaban J connectivity index is 1.59. The molecule has 0 spiro atoms. The van der Waals surface area contributed by atoms with Gasteiger partial charge in [0.15, 0.2) is 5.58 Å². The van der Waals surface area contributed by atoms with E-state index in [2.05, 4.69) is 9.88 Å². The first-order valence-corrected chi connectivity index (χ1v) is 9.06. The van der Waals surface area contributed by atoms with Crippen molar-refractivity contribution in [3.63, 3.8) is 0 Å². The number of fused-ring (bicyclic) bond motifs is 2. The van der Waals surface area contributed by atoms with Crippen molar-refractivity contribution in [3.8, 4) is 11.5 Å². The van der Waals surface area contributed by atoms with Crippen molar-refractivity contribution < 1.29 is 18.7 Å². The molecule has 1 N–H and O–H groups in total. The first-order chi connectivity index (χ1) is 13.6. The van der Waals surface area contributed by atoms with Gasteiger partial charge in [0.25, 0.3) is 0 Å². The molecule has 0 radical (unpaired) electrons. The largest absolute Gasteiger partial charge is 0.478 e. The number of benzene rings is 2. The summed E-state index contributed by atoms with van der Waals surface area (Å²) in [5.74, 6) is -0.948. The van der Waals surface area contributed by atoms with Gasteiger partial charge in [-0.05, 0) is 49.2 Å². The van der Waals surface area contributed by atoms with Gasteiger partial charge in [-0.3, -0.25) is 0 Å². The highest BCUT2D eigenvalue weighted by Crippen LogP contribution is 2.28. The van der Waals surface area contributed by atoms with Gasteiger partial charge in [-0.15, -0.1) is 0 Å². The number of nitrogens with zero attached hydrogens (tertiary/aromatic N) is 2. The van der Waals surface area contributed by atoms with Crippen LogP contribution in [-0.4, -0.2) is 29.1 Å². The molecule has 0 atom stereocenters. The van der Waals surface area contributed by atoms with Gasteiger partial charge in [0.2, 0.25) is 5.89 Å². The van der Waals surface area contributed by atoms with Crippen molar-refractivity contribution in [2.75, 3.05) is 18.0 Å². The second kappa shape index (κ2) is 6.23. The fourth-order valence-corrected chi connectivity index (χ4v) is 3.59. The van der Waals surface area contributed by atoms with E-state index in [1.165, 1.54) is 25.0 Å². The molecule has 1 fully saturated rings. The van der Waals surface area contributed by atoms with Crippen molar-refractivity contribution in [3.05, 3.63) is 58.4 Å². The van der Waals surface area contributed by atoms with Crippen LogP contribution in [0.3, 0.4) is 0 Å². The van der Waals surface area contributed by atoms with Gasteiger partial charge in [0, 0.05) is 30.2 Å². The average Bonchev–Trinajstić information content (AvgIpc) is 3.36. The van der Waals surface area contributed by atoms with Gasteiger partial charge in [-0.2, -0.15) is 0 Å². The Morgan fingerprint density at radius 1 is 1.00 bits per heavy atom. The van der Waals surface area contributed by atoms with Crippen LogP contribution in [0.5, 0.6) is 0 Å². The molecule has 1 saturated heterocycles. The summed E-state index contributed by atoms with van der Waals surface area (Å²) in [5, 5.41) is 9.87. The molecule has 0 bridgehead atoms. The van der Waals surface area contributed by atoms with Crippen LogP contribution in [0.25, 0.3) is 33.5 Å². The lowest BCUT2D eigenvalue weighted by Crippen LogP contribution is -2.17. The summed E-state index contributed by atoms with van der Waals surface area (Å²) >= 11 is 0. The molecule has 1 aliphatic rings. The average molecular weight is 376 g/mol. The van der Waals surface area contributed by atoms with Crippen molar-refractivity contribution in [1.29, 1.82) is 0 Å². The minimum Gasteiger partial charge on any atom is -0.478 e. The van der Waals surface area contributed by atoms with Crippen molar-refractivity contribution in [2.24, 2.45) is 0 Å². The van der Waals surface area contributed by atoms with Crippen LogP contribution in [-0.2, 0) is 0 Å². The number of aromatic nitrogens is 1. The number of hydrogen-bond donors (Lipinski definition) is 1. The number of anilines is 1. The number of carbonyl (C=O) groups is 1. The lowest BCUT2D eigenvalue weighted by Gasteiger charge is -2.17. The Bertz CT molecular complexity index is 1280. The highest BCUT2D eigenvalue weighted by molar-refractivity contribution is 5.92. The molecular weight excluding hydrogens is 360 g/mol. The number of oxazole rings is 1. The van der Waals surface area contributed by atoms with Crippen LogP contribution in [0, 0.1) is 0 Å². The summed E-state index contributed by atoms with van der Waals surface area (Å²) in [4.78, 5) is 30.2. The third-order valence-corrected chi connectivity index (χ3v) is 5.06. The first kappa shape index (κ1) is 16.6. The van der Waals surface area contributed by atoms with E-state index in [1.54, 1.807) is 12.1 Å². The predicted octanol–water partition coefficient (Wildman–Crippen LogP) is 3.90. The van der Waals surface area contributed by atoms with E-state index in [9.17, 15) is 9.59 Å². The molecule has 7 heteroatoms. The third-order valence-electron chi connectivity index (χ3n) is 5.06. The van der Waals surface area contributed by atoms with Crippen LogP contribution in [0.4, 0.5) is 5.69 Å². The van der Waals surface area contributed by atoms with Gasteiger partial charge in [-0.25, -0.2) is 14.6 Å². The van der Waals surface area contributed by atoms with E-state index in [-0.39, 0.29) is 17.0 Å². The zero-order valence-corrected chi connectivity index (χ0v) is 14.8. The molecule has 0 amide bonds. The smallest absolute Gasteiger partial charge is 0.349 e. The maximum Gasteiger partial charge on any atom is 0.349 e. The summed E-state index contributed by atoms with van der Waals surface area (Å²) in [6.45, 7) is 2.02. The van der Waals surface area contributed by atoms with E-state index in [0.29, 0.717) is 16.7 Å². The van der Waals surface area contributed by atoms with E-state index >= 15 is 0 Å². The van der Waals surface area contributed by atoms with Crippen molar-refractivity contribution in [2.45, 2.75) is 12.8 Å². The zero-order valence-electron chi connectivity index (χ0n) is 14.8. The van der Waals surface area contributed by atoms with Gasteiger partial charge in [-0.1, -0.05) is 0 Å². The van der Waals surface area contributed by atoms with Crippen LogP contribution in [0.15, 0.2) is 56.1 Å². The molecule has 2 aromatic carbocycles. The van der Waals surface area contributed by atoms with Gasteiger partial charge < -0.3 is 18.8 Å². The Labute approximate surface area is 158 Å². The summed E-state index contributed by atoms with van der Waals surface area (Å²) in [6, 6.07) is 11.9. The normalized spacial score (nSPS) is 14.2. The summed E-state index contributed by atoms with van der Waals surface area (Å²) in [7, 11) is 0. The molecular formula is C21H16N2O5. The number of rotatable bonds is 3. The summed E-state index contributed by atoms with van der Waals surface area (Å²) in [5.41, 5.74) is 2.09. The van der Waals surface area contributed by atoms with Crippen molar-refractivity contribution >= 4 is 33.7 Å². The minimum absolute atomic E-state index is 0.0928. The van der Waals surface area contributed by atoms with Crippen LogP contribution in [0.1, 0.15) is 23.2 Å². The monoisotopic (exact) mass is 376 g/mol. The number of aromatic carboxylic acids is 1. The van der Waals surface area contributed by atoms with E-state index < -0.39 is 11.6 Å². The van der Waals surface area contributed by atoms with Crippen LogP contribution < -0.4 is 10.5 Å². The standard InChI is InChI=1S/C21H16N2O5/c24-20(25)13-4-6-16-18(10-13)27-19(22-16)15-9-12-3-5-14(23-7-1-2-8-23)11-17(12)28-21(15)26/h3-6,9-11H,1-2,7-8H2,(H,24,25). The topological polar surface area (TPSA) is 96.8 Å². The highest BCUT2D eigenvalue weighted by Gasteiger charge is 2.17. The highest BCUT2D eigenvalue weighted by atomic mass is 16.4. The second-order valence-electron chi connectivity index (χ2n) is 6.87. The Morgan fingerprint density at radius 3 is 2.61 bits per heavy atom. The first-order valence-electron chi connectivity index (χ1n) is 9.06. The SMILES string of the molecule is O=C(O)c1ccc2nc(-c3cc4ccc(N5CCCC5)cc4oc3=O)oc2c1. The number of carboxylic acid groups (broad SMARTS) is 1. The Kier molecular flexibility index (Phi) is 3.68. The Hall–Kier alpha value is -3.61. The number of carboxylic acids is 1.